The van der Waals surface area contributed by atoms with Crippen LogP contribution in [-0.4, -0.2) is 48.3 Å². The number of thioether (sulfide) groups is 1. The Morgan fingerprint density at radius 1 is 1.67 bits per heavy atom. The highest BCUT2D eigenvalue weighted by molar-refractivity contribution is 7.99. The predicted molar refractivity (Wildman–Crippen MR) is 63.7 cm³/mol. The molecule has 15 heavy (non-hydrogen) atoms. The maximum absolute atomic E-state index is 11.3. The van der Waals surface area contributed by atoms with Crippen LogP contribution in [0.5, 0.6) is 0 Å². The number of nitrogens with one attached hydrogen (secondary N) is 2. The van der Waals surface area contributed by atoms with Crippen LogP contribution in [0.3, 0.4) is 0 Å². The van der Waals surface area contributed by atoms with Crippen molar-refractivity contribution in [1.29, 1.82) is 0 Å². The van der Waals surface area contributed by atoms with E-state index in [4.69, 9.17) is 11.5 Å². The number of hydrogen-bond acceptors (Lipinski definition) is 4. The van der Waals surface area contributed by atoms with E-state index in [9.17, 15) is 4.79 Å². The minimum atomic E-state index is -0.106. The second-order valence-electron chi connectivity index (χ2n) is 3.12. The Morgan fingerprint density at radius 3 is 2.80 bits per heavy atom. The summed E-state index contributed by atoms with van der Waals surface area (Å²) in [6, 6.07) is -0.0508. The van der Waals surface area contributed by atoms with Crippen molar-refractivity contribution < 1.29 is 9.90 Å². The second-order valence-corrected chi connectivity index (χ2v) is 4.20. The van der Waals surface area contributed by atoms with Gasteiger partial charge in [-0.1, -0.05) is 5.92 Å². The van der Waals surface area contributed by atoms with Crippen molar-refractivity contribution in [2.45, 2.75) is 18.2 Å². The number of rotatable bonds is 7. The number of amides is 1. The van der Waals surface area contributed by atoms with Crippen LogP contribution >= 0.6 is 11.8 Å². The van der Waals surface area contributed by atoms with Crippen molar-refractivity contribution in [3.63, 3.8) is 0 Å². The predicted octanol–water partition coefficient (Wildman–Crippen LogP) is -0.562. The monoisotopic (exact) mass is 230 g/mol. The zero-order chi connectivity index (χ0) is 11.7. The molecule has 0 radical (unpaired) electrons. The normalized spacial score (nSPS) is 14.0. The average Bonchev–Trinajstić information content (AvgIpc) is 2.20. The molecule has 0 aliphatic carbocycles. The Hall–Kier alpha value is -0.700. The third-order valence-corrected chi connectivity index (χ3v) is 3.10. The van der Waals surface area contributed by atoms with Crippen molar-refractivity contribution in [3.8, 4) is 12.3 Å². The van der Waals surface area contributed by atoms with Crippen LogP contribution in [0.2, 0.25) is 0 Å². The standard InChI is InChI=1S/C10H18N2O2S/c1-4-5-11-6-10(14)12-8(2)9(7-13)15-3/h1,8-9,11,13H,5-7H2,2-3H3,(H,12,14). The highest BCUT2D eigenvalue weighted by Gasteiger charge is 2.16. The summed E-state index contributed by atoms with van der Waals surface area (Å²) in [5, 5.41) is 14.6. The van der Waals surface area contributed by atoms with E-state index in [1.54, 1.807) is 0 Å². The summed E-state index contributed by atoms with van der Waals surface area (Å²) in [4.78, 5) is 11.3. The molecular formula is C10H18N2O2S. The molecule has 0 saturated carbocycles. The first-order chi connectivity index (χ1) is 7.15. The molecule has 1 amide bonds. The Labute approximate surface area is 95.2 Å². The summed E-state index contributed by atoms with van der Waals surface area (Å²) in [6.07, 6.45) is 6.93. The molecule has 0 fully saturated rings. The van der Waals surface area contributed by atoms with Gasteiger partial charge in [-0.2, -0.15) is 11.8 Å². The molecule has 2 atom stereocenters. The fourth-order valence-electron chi connectivity index (χ4n) is 1.08. The van der Waals surface area contributed by atoms with E-state index in [1.807, 2.05) is 13.2 Å². The summed E-state index contributed by atoms with van der Waals surface area (Å²) in [7, 11) is 0. The van der Waals surface area contributed by atoms with Gasteiger partial charge in [0.1, 0.15) is 0 Å². The SMILES string of the molecule is C#CCNCC(=O)NC(C)C(CO)SC. The Balaban J connectivity index is 3.80. The summed E-state index contributed by atoms with van der Waals surface area (Å²) in [6.45, 7) is 2.52. The van der Waals surface area contributed by atoms with Gasteiger partial charge in [-0.3, -0.25) is 10.1 Å². The fraction of sp³-hybridized carbons (Fsp3) is 0.700. The van der Waals surface area contributed by atoms with E-state index < -0.39 is 0 Å². The topological polar surface area (TPSA) is 61.4 Å². The lowest BCUT2D eigenvalue weighted by molar-refractivity contribution is -0.120. The van der Waals surface area contributed by atoms with E-state index in [1.165, 1.54) is 11.8 Å². The van der Waals surface area contributed by atoms with Gasteiger partial charge in [0.15, 0.2) is 0 Å². The largest absolute Gasteiger partial charge is 0.395 e. The number of carbonyl (C=O) groups excluding carboxylic acids is 1. The van der Waals surface area contributed by atoms with Gasteiger partial charge in [-0.05, 0) is 13.2 Å². The quantitative estimate of drug-likeness (QED) is 0.405. The Bertz CT molecular complexity index is 224. The van der Waals surface area contributed by atoms with Crippen molar-refractivity contribution >= 4 is 17.7 Å². The zero-order valence-electron chi connectivity index (χ0n) is 9.12. The fourth-order valence-corrected chi connectivity index (χ4v) is 1.71. The van der Waals surface area contributed by atoms with Crippen LogP contribution in [0.1, 0.15) is 6.92 Å². The van der Waals surface area contributed by atoms with Crippen LogP contribution < -0.4 is 10.6 Å². The van der Waals surface area contributed by atoms with Gasteiger partial charge in [-0.15, -0.1) is 6.42 Å². The Morgan fingerprint density at radius 2 is 2.33 bits per heavy atom. The summed E-state index contributed by atoms with van der Waals surface area (Å²) in [5.74, 6) is 2.28. The van der Waals surface area contributed by atoms with Gasteiger partial charge in [-0.25, -0.2) is 0 Å². The molecule has 0 spiro atoms. The van der Waals surface area contributed by atoms with E-state index in [0.717, 1.165) is 0 Å². The van der Waals surface area contributed by atoms with Gasteiger partial charge in [0.2, 0.25) is 5.91 Å². The summed E-state index contributed by atoms with van der Waals surface area (Å²) in [5.41, 5.74) is 0. The van der Waals surface area contributed by atoms with Crippen molar-refractivity contribution in [2.75, 3.05) is 26.0 Å². The molecule has 4 nitrogen and oxygen atoms in total. The number of carbonyl (C=O) groups is 1. The van der Waals surface area contributed by atoms with Gasteiger partial charge in [0.25, 0.3) is 0 Å². The molecule has 0 rings (SSSR count). The van der Waals surface area contributed by atoms with E-state index >= 15 is 0 Å². The maximum Gasteiger partial charge on any atom is 0.234 e. The highest BCUT2D eigenvalue weighted by Crippen LogP contribution is 2.09. The van der Waals surface area contributed by atoms with Gasteiger partial charge in [0.05, 0.1) is 19.7 Å². The Kier molecular flexibility index (Phi) is 8.19. The maximum atomic E-state index is 11.3. The molecule has 0 heterocycles. The summed E-state index contributed by atoms with van der Waals surface area (Å²) < 4.78 is 0. The molecule has 3 N–H and O–H groups in total. The lowest BCUT2D eigenvalue weighted by Gasteiger charge is -2.21. The lowest BCUT2D eigenvalue weighted by Crippen LogP contribution is -2.44. The van der Waals surface area contributed by atoms with E-state index in [-0.39, 0.29) is 30.4 Å². The first kappa shape index (κ1) is 14.3. The molecular weight excluding hydrogens is 212 g/mol. The van der Waals surface area contributed by atoms with Crippen molar-refractivity contribution in [1.82, 2.24) is 10.6 Å². The van der Waals surface area contributed by atoms with Crippen LogP contribution in [0.15, 0.2) is 0 Å². The smallest absolute Gasteiger partial charge is 0.234 e. The van der Waals surface area contributed by atoms with E-state index in [2.05, 4.69) is 16.6 Å². The van der Waals surface area contributed by atoms with Crippen LogP contribution in [-0.2, 0) is 4.79 Å². The molecule has 2 unspecified atom stereocenters. The van der Waals surface area contributed by atoms with Crippen molar-refractivity contribution in [2.24, 2.45) is 0 Å². The third kappa shape index (κ3) is 6.39. The summed E-state index contributed by atoms with van der Waals surface area (Å²) >= 11 is 1.53. The molecule has 0 aromatic heterocycles. The highest BCUT2D eigenvalue weighted by atomic mass is 32.2. The van der Waals surface area contributed by atoms with Gasteiger partial charge < -0.3 is 10.4 Å². The average molecular weight is 230 g/mol. The molecule has 0 aliphatic rings. The second kappa shape index (κ2) is 8.60. The number of aliphatic hydroxyl groups excluding tert-OH is 1. The first-order valence-electron chi connectivity index (χ1n) is 4.72. The third-order valence-electron chi connectivity index (χ3n) is 1.94. The zero-order valence-corrected chi connectivity index (χ0v) is 9.93. The van der Waals surface area contributed by atoms with Gasteiger partial charge in [0, 0.05) is 11.3 Å². The molecule has 0 aromatic carbocycles. The number of terminal acetylenes is 1. The van der Waals surface area contributed by atoms with Gasteiger partial charge >= 0.3 is 0 Å². The van der Waals surface area contributed by atoms with Crippen LogP contribution in [0.4, 0.5) is 0 Å². The van der Waals surface area contributed by atoms with E-state index in [0.29, 0.717) is 6.54 Å². The van der Waals surface area contributed by atoms with Crippen LogP contribution in [0.25, 0.3) is 0 Å². The molecule has 0 saturated heterocycles. The number of hydrogen-bond donors (Lipinski definition) is 3. The molecule has 5 heteroatoms. The number of aliphatic hydroxyl groups is 1. The minimum Gasteiger partial charge on any atom is -0.395 e. The lowest BCUT2D eigenvalue weighted by atomic mass is 10.2. The molecule has 0 bridgehead atoms. The van der Waals surface area contributed by atoms with Crippen molar-refractivity contribution in [3.05, 3.63) is 0 Å². The minimum absolute atomic E-state index is 0.0292. The first-order valence-corrected chi connectivity index (χ1v) is 6.01. The van der Waals surface area contributed by atoms with Crippen LogP contribution in [0, 0.1) is 12.3 Å². The molecule has 0 aromatic rings. The molecule has 86 valence electrons. The molecule has 0 aliphatic heterocycles.